The van der Waals surface area contributed by atoms with Gasteiger partial charge in [0, 0.05) is 11.4 Å². The Kier molecular flexibility index (Phi) is 8.68. The lowest BCUT2D eigenvalue weighted by Gasteiger charge is -2.18. The van der Waals surface area contributed by atoms with Gasteiger partial charge in [-0.3, -0.25) is 14.5 Å². The van der Waals surface area contributed by atoms with E-state index in [0.29, 0.717) is 45.8 Å². The zero-order valence-electron chi connectivity index (χ0n) is 21.7. The second kappa shape index (κ2) is 12.3. The van der Waals surface area contributed by atoms with Crippen molar-refractivity contribution in [2.75, 3.05) is 30.5 Å². The molecule has 0 unspecified atom stereocenters. The quantitative estimate of drug-likeness (QED) is 0.276. The lowest BCUT2D eigenvalue weighted by molar-refractivity contribution is -0.136. The fraction of sp³-hybridized carbons (Fsp3) is 0.167. The predicted octanol–water partition coefficient (Wildman–Crippen LogP) is 5.63. The molecule has 0 aromatic heterocycles. The number of halogens is 1. The molecule has 0 saturated carbocycles. The summed E-state index contributed by atoms with van der Waals surface area (Å²) in [6, 6.07) is 20.8. The molecule has 0 atom stereocenters. The van der Waals surface area contributed by atoms with Gasteiger partial charge in [-0.1, -0.05) is 35.9 Å². The van der Waals surface area contributed by atoms with Crippen LogP contribution in [0.2, 0.25) is 5.02 Å². The average Bonchev–Trinajstić information content (AvgIpc) is 3.18. The van der Waals surface area contributed by atoms with Crippen molar-refractivity contribution in [2.45, 2.75) is 13.8 Å². The van der Waals surface area contributed by atoms with E-state index in [1.165, 1.54) is 12.0 Å². The molecule has 1 N–H and O–H groups in total. The minimum Gasteiger partial charge on any atom is -0.494 e. The lowest BCUT2D eigenvalue weighted by atomic mass is 10.0. The number of carbonyl (C=O) groups is 3. The Morgan fingerprint density at radius 1 is 0.949 bits per heavy atom. The van der Waals surface area contributed by atoms with Gasteiger partial charge in [0.15, 0.2) is 6.61 Å². The topological polar surface area (TPSA) is 94.2 Å². The highest BCUT2D eigenvalue weighted by Gasteiger charge is 2.37. The number of esters is 1. The van der Waals surface area contributed by atoms with E-state index in [2.05, 4.69) is 5.32 Å². The second-order valence-corrected chi connectivity index (χ2v) is 8.87. The van der Waals surface area contributed by atoms with Gasteiger partial charge in [-0.05, 0) is 74.0 Å². The van der Waals surface area contributed by atoms with E-state index in [-0.39, 0.29) is 29.6 Å². The molecule has 200 valence electrons. The molecule has 3 aromatic rings. The van der Waals surface area contributed by atoms with Crippen molar-refractivity contribution in [2.24, 2.45) is 0 Å². The molecule has 4 rings (SSSR count). The SMILES string of the molecule is CCOc1ccc(N2C(=O)/C(=C\c3ccc(OCC(=O)Nc4ccccc4Cl)cc3)C(C(=O)OC)=C2C)cc1. The fourth-order valence-electron chi connectivity index (χ4n) is 4.07. The Bertz CT molecular complexity index is 1450. The molecule has 0 fully saturated rings. The zero-order valence-corrected chi connectivity index (χ0v) is 22.5. The first-order chi connectivity index (χ1) is 18.8. The number of anilines is 2. The summed E-state index contributed by atoms with van der Waals surface area (Å²) in [7, 11) is 1.28. The molecule has 8 nitrogen and oxygen atoms in total. The number of hydrogen-bond donors (Lipinski definition) is 1. The number of ether oxygens (including phenoxy) is 3. The van der Waals surface area contributed by atoms with Crippen molar-refractivity contribution in [1.82, 2.24) is 0 Å². The lowest BCUT2D eigenvalue weighted by Crippen LogP contribution is -2.24. The van der Waals surface area contributed by atoms with Gasteiger partial charge in [-0.15, -0.1) is 0 Å². The van der Waals surface area contributed by atoms with Gasteiger partial charge in [0.25, 0.3) is 11.8 Å². The average molecular weight is 547 g/mol. The van der Waals surface area contributed by atoms with Crippen LogP contribution in [0.5, 0.6) is 11.5 Å². The summed E-state index contributed by atoms with van der Waals surface area (Å²) >= 11 is 6.07. The van der Waals surface area contributed by atoms with Crippen LogP contribution >= 0.6 is 11.6 Å². The number of rotatable bonds is 9. The molecule has 0 bridgehead atoms. The van der Waals surface area contributed by atoms with Crippen LogP contribution in [0.15, 0.2) is 89.6 Å². The smallest absolute Gasteiger partial charge is 0.340 e. The number of carbonyl (C=O) groups excluding carboxylic acids is 3. The summed E-state index contributed by atoms with van der Waals surface area (Å²) in [5.74, 6) is -0.176. The number of amides is 2. The molecule has 0 spiro atoms. The fourth-order valence-corrected chi connectivity index (χ4v) is 4.26. The Labute approximate surface area is 231 Å². The Balaban J connectivity index is 1.50. The van der Waals surface area contributed by atoms with Gasteiger partial charge in [0.05, 0.1) is 35.6 Å². The van der Waals surface area contributed by atoms with E-state index in [0.717, 1.165) is 0 Å². The molecular formula is C30H27ClN2O6. The summed E-state index contributed by atoms with van der Waals surface area (Å²) in [5.41, 5.74) is 2.62. The molecule has 1 aliphatic heterocycles. The monoisotopic (exact) mass is 546 g/mol. The number of nitrogens with zero attached hydrogens (tertiary/aromatic N) is 1. The van der Waals surface area contributed by atoms with Crippen molar-refractivity contribution >= 4 is 46.8 Å². The first-order valence-electron chi connectivity index (χ1n) is 12.2. The van der Waals surface area contributed by atoms with E-state index in [1.54, 1.807) is 85.8 Å². The summed E-state index contributed by atoms with van der Waals surface area (Å²) in [6.07, 6.45) is 1.63. The molecule has 39 heavy (non-hydrogen) atoms. The number of nitrogens with one attached hydrogen (secondary N) is 1. The summed E-state index contributed by atoms with van der Waals surface area (Å²) in [4.78, 5) is 39.8. The maximum absolute atomic E-state index is 13.5. The van der Waals surface area contributed by atoms with Gasteiger partial charge in [-0.2, -0.15) is 0 Å². The predicted molar refractivity (Wildman–Crippen MR) is 150 cm³/mol. The largest absolute Gasteiger partial charge is 0.494 e. The molecule has 9 heteroatoms. The minimum absolute atomic E-state index is 0.188. The van der Waals surface area contributed by atoms with Crippen molar-refractivity contribution in [3.8, 4) is 11.5 Å². The third-order valence-electron chi connectivity index (χ3n) is 5.90. The minimum atomic E-state index is -0.606. The van der Waals surface area contributed by atoms with Gasteiger partial charge < -0.3 is 19.5 Å². The van der Waals surface area contributed by atoms with Crippen molar-refractivity contribution in [1.29, 1.82) is 0 Å². The van der Waals surface area contributed by atoms with Crippen molar-refractivity contribution in [3.05, 3.63) is 100 Å². The summed E-state index contributed by atoms with van der Waals surface area (Å²) in [6.45, 7) is 3.91. The molecule has 0 aliphatic carbocycles. The maximum atomic E-state index is 13.5. The molecule has 2 amide bonds. The number of methoxy groups -OCH3 is 1. The van der Waals surface area contributed by atoms with Crippen molar-refractivity contribution < 1.29 is 28.6 Å². The molecule has 0 radical (unpaired) electrons. The normalized spacial score (nSPS) is 14.0. The van der Waals surface area contributed by atoms with Crippen LogP contribution < -0.4 is 19.7 Å². The zero-order chi connectivity index (χ0) is 27.9. The molecule has 1 heterocycles. The van der Waals surface area contributed by atoms with Crippen LogP contribution in [0.4, 0.5) is 11.4 Å². The van der Waals surface area contributed by atoms with Gasteiger partial charge >= 0.3 is 5.97 Å². The molecule has 3 aromatic carbocycles. The summed E-state index contributed by atoms with van der Waals surface area (Å²) in [5, 5.41) is 3.13. The Hall–Kier alpha value is -4.56. The number of allylic oxidation sites excluding steroid dienone is 1. The van der Waals surface area contributed by atoms with Gasteiger partial charge in [0.2, 0.25) is 0 Å². The van der Waals surface area contributed by atoms with Crippen molar-refractivity contribution in [3.63, 3.8) is 0 Å². The molecular weight excluding hydrogens is 520 g/mol. The third-order valence-corrected chi connectivity index (χ3v) is 6.23. The number of hydrogen-bond acceptors (Lipinski definition) is 6. The second-order valence-electron chi connectivity index (χ2n) is 8.46. The highest BCUT2D eigenvalue weighted by Crippen LogP contribution is 2.36. The standard InChI is InChI=1S/C30H27ClN2O6/c1-4-38-22-15-11-21(12-16-22)33-19(2)28(30(36)37-3)24(29(33)35)17-20-9-13-23(14-10-20)39-18-27(34)32-26-8-6-5-7-25(26)31/h5-17H,4,18H2,1-3H3,(H,32,34)/b24-17-. The van der Waals surface area contributed by atoms with Gasteiger partial charge in [-0.25, -0.2) is 4.79 Å². The van der Waals surface area contributed by atoms with Crippen LogP contribution in [0.3, 0.4) is 0 Å². The highest BCUT2D eigenvalue weighted by atomic mass is 35.5. The van der Waals surface area contributed by atoms with E-state index in [4.69, 9.17) is 25.8 Å². The Morgan fingerprint density at radius 2 is 1.59 bits per heavy atom. The van der Waals surface area contributed by atoms with Crippen LogP contribution in [0.25, 0.3) is 6.08 Å². The first-order valence-corrected chi connectivity index (χ1v) is 12.6. The van der Waals surface area contributed by atoms with E-state index in [9.17, 15) is 14.4 Å². The molecule has 0 saturated heterocycles. The maximum Gasteiger partial charge on any atom is 0.340 e. The van der Waals surface area contributed by atoms with Crippen LogP contribution in [-0.4, -0.2) is 38.1 Å². The van der Waals surface area contributed by atoms with E-state index in [1.807, 2.05) is 6.92 Å². The number of para-hydroxylation sites is 1. The highest BCUT2D eigenvalue weighted by molar-refractivity contribution is 6.33. The molecule has 1 aliphatic rings. The van der Waals surface area contributed by atoms with E-state index >= 15 is 0 Å². The first kappa shape index (κ1) is 27.5. The van der Waals surface area contributed by atoms with E-state index < -0.39 is 5.97 Å². The van der Waals surface area contributed by atoms with Crippen LogP contribution in [0.1, 0.15) is 19.4 Å². The van der Waals surface area contributed by atoms with Crippen LogP contribution in [-0.2, 0) is 19.1 Å². The summed E-state index contributed by atoms with van der Waals surface area (Å²) < 4.78 is 16.0. The Morgan fingerprint density at radius 3 is 2.23 bits per heavy atom. The van der Waals surface area contributed by atoms with Gasteiger partial charge in [0.1, 0.15) is 11.5 Å². The third kappa shape index (κ3) is 6.30. The van der Waals surface area contributed by atoms with Crippen LogP contribution in [0, 0.1) is 0 Å². The number of benzene rings is 3.